The molecule has 7 atom stereocenters. The summed E-state index contributed by atoms with van der Waals surface area (Å²) in [5, 5.41) is 15.5. The predicted molar refractivity (Wildman–Crippen MR) is 209 cm³/mol. The molecule has 12 heteroatoms. The van der Waals surface area contributed by atoms with Gasteiger partial charge in [-0.1, -0.05) is 79.6 Å². The van der Waals surface area contributed by atoms with Crippen LogP contribution in [0, 0.1) is 5.92 Å². The zero-order valence-electron chi connectivity index (χ0n) is 32.5. The van der Waals surface area contributed by atoms with E-state index in [2.05, 4.69) is 15.5 Å². The van der Waals surface area contributed by atoms with Crippen LogP contribution in [-0.2, 0) is 41.8 Å². The third kappa shape index (κ3) is 9.32. The van der Waals surface area contributed by atoms with Gasteiger partial charge in [-0.15, -0.1) is 0 Å². The quantitative estimate of drug-likeness (QED) is 0.205. The van der Waals surface area contributed by atoms with E-state index in [-0.39, 0.29) is 49.3 Å². The van der Waals surface area contributed by atoms with Crippen LogP contribution in [0.5, 0.6) is 0 Å². The van der Waals surface area contributed by atoms with Crippen molar-refractivity contribution in [3.05, 3.63) is 101 Å². The highest BCUT2D eigenvalue weighted by Gasteiger charge is 2.45. The number of imide groups is 1. The van der Waals surface area contributed by atoms with E-state index in [9.17, 15) is 24.3 Å². The van der Waals surface area contributed by atoms with E-state index in [1.54, 1.807) is 24.3 Å². The van der Waals surface area contributed by atoms with Crippen LogP contribution in [0.3, 0.4) is 0 Å². The van der Waals surface area contributed by atoms with Crippen LogP contribution < -0.4 is 15.5 Å². The first kappa shape index (κ1) is 39.6. The third-order valence-electron chi connectivity index (χ3n) is 11.4. The number of hydrogen-bond donors (Lipinski definition) is 3. The molecule has 7 unspecified atom stereocenters. The highest BCUT2D eigenvalue weighted by Crippen LogP contribution is 2.42. The van der Waals surface area contributed by atoms with Crippen LogP contribution in [0.15, 0.2) is 78.9 Å². The van der Waals surface area contributed by atoms with Gasteiger partial charge in [0.2, 0.25) is 11.8 Å². The van der Waals surface area contributed by atoms with Crippen molar-refractivity contribution < 1.29 is 38.5 Å². The van der Waals surface area contributed by atoms with Crippen LogP contribution in [0.2, 0.25) is 0 Å². The van der Waals surface area contributed by atoms with Crippen molar-refractivity contribution in [3.63, 3.8) is 0 Å². The molecule has 3 aromatic carbocycles. The number of likely N-dealkylation sites (tertiary alicyclic amines) is 1. The van der Waals surface area contributed by atoms with Crippen LogP contribution in [0.25, 0.3) is 0 Å². The summed E-state index contributed by atoms with van der Waals surface area (Å²) < 4.78 is 18.7. The van der Waals surface area contributed by atoms with Crippen molar-refractivity contribution in [2.24, 2.45) is 5.92 Å². The van der Waals surface area contributed by atoms with E-state index in [0.29, 0.717) is 36.2 Å². The third-order valence-corrected chi connectivity index (χ3v) is 11.4. The summed E-state index contributed by atoms with van der Waals surface area (Å²) in [4.78, 5) is 56.3. The number of nitrogens with zero attached hydrogens (tertiary/aromatic N) is 2. The number of fused-ring (bicyclic) bond motifs is 1. The average Bonchev–Trinajstić information content (AvgIpc) is 3.47. The fourth-order valence-electron chi connectivity index (χ4n) is 8.70. The summed E-state index contributed by atoms with van der Waals surface area (Å²) in [7, 11) is 0. The van der Waals surface area contributed by atoms with Gasteiger partial charge >= 0.3 is 6.09 Å². The molecule has 56 heavy (non-hydrogen) atoms. The Balaban J connectivity index is 1.08. The molecule has 3 aliphatic heterocycles. The van der Waals surface area contributed by atoms with Gasteiger partial charge in [0.25, 0.3) is 5.91 Å². The molecule has 3 N–H and O–H groups in total. The minimum absolute atomic E-state index is 0.0416. The zero-order valence-corrected chi connectivity index (χ0v) is 32.5. The summed E-state index contributed by atoms with van der Waals surface area (Å²) in [6.45, 7) is 6.60. The zero-order chi connectivity index (χ0) is 39.4. The molecule has 3 heterocycles. The summed E-state index contributed by atoms with van der Waals surface area (Å²) in [6.07, 6.45) is 4.72. The molecule has 0 aromatic heterocycles. The Hall–Kier alpha value is -4.62. The summed E-state index contributed by atoms with van der Waals surface area (Å²) in [5.41, 5.74) is 3.31. The van der Waals surface area contributed by atoms with E-state index in [1.165, 1.54) is 12.8 Å². The van der Waals surface area contributed by atoms with Gasteiger partial charge in [-0.25, -0.2) is 9.69 Å². The molecule has 298 valence electrons. The van der Waals surface area contributed by atoms with E-state index < -0.39 is 30.2 Å². The first-order valence-electron chi connectivity index (χ1n) is 20.0. The van der Waals surface area contributed by atoms with Gasteiger partial charge in [-0.05, 0) is 81.2 Å². The molecule has 4 aliphatic rings. The molecule has 0 radical (unpaired) electrons. The standard InChI is InChI=1S/C44H54N4O8/c1-44(2,3)46-40(51)37-22-19-30-11-7-8-12-36(30)47(37)25-34-23-38(31-15-13-28(26-49)14-16-31)56-42(55-34)32-17-20-33(21-18-32)48-39(50)24-35(41(48)52)45-43(53)54-27-29-9-5-4-6-10-29/h4-6,9-10,13-18,20-21,30,34-38,42,49H,7-8,11-12,19,22-27H2,1-3H3,(H,45,53)(H,46,51). The molecule has 0 spiro atoms. The van der Waals surface area contributed by atoms with Crippen molar-refractivity contribution in [2.75, 3.05) is 11.4 Å². The fraction of sp³-hybridized carbons (Fsp3) is 0.500. The van der Waals surface area contributed by atoms with E-state index in [1.807, 2.05) is 75.4 Å². The number of nitrogens with one attached hydrogen (secondary N) is 2. The van der Waals surface area contributed by atoms with Crippen LogP contribution in [0.4, 0.5) is 10.5 Å². The minimum Gasteiger partial charge on any atom is -0.445 e. The van der Waals surface area contributed by atoms with Crippen molar-refractivity contribution in [1.82, 2.24) is 15.5 Å². The lowest BCUT2D eigenvalue weighted by Crippen LogP contribution is -2.61. The number of carbonyl (C=O) groups is 4. The predicted octanol–water partition coefficient (Wildman–Crippen LogP) is 6.22. The molecule has 3 aromatic rings. The molecule has 7 rings (SSSR count). The monoisotopic (exact) mass is 766 g/mol. The lowest BCUT2D eigenvalue weighted by molar-refractivity contribution is -0.255. The largest absolute Gasteiger partial charge is 0.445 e. The Morgan fingerprint density at radius 3 is 2.29 bits per heavy atom. The van der Waals surface area contributed by atoms with Gasteiger partial charge in [0.05, 0.1) is 37.0 Å². The molecule has 1 saturated carbocycles. The number of benzene rings is 3. The number of rotatable bonds is 10. The molecular weight excluding hydrogens is 713 g/mol. The molecule has 4 fully saturated rings. The number of amides is 4. The van der Waals surface area contributed by atoms with Crippen molar-refractivity contribution in [1.29, 1.82) is 0 Å². The van der Waals surface area contributed by atoms with Crippen LogP contribution in [-0.4, -0.2) is 70.1 Å². The Kier molecular flexibility index (Phi) is 12.2. The fourth-order valence-corrected chi connectivity index (χ4v) is 8.70. The second kappa shape index (κ2) is 17.3. The van der Waals surface area contributed by atoms with Crippen LogP contribution in [0.1, 0.15) is 107 Å². The average molecular weight is 767 g/mol. The van der Waals surface area contributed by atoms with E-state index >= 15 is 0 Å². The number of aliphatic hydroxyl groups is 1. The molecule has 12 nitrogen and oxygen atoms in total. The Morgan fingerprint density at radius 2 is 1.57 bits per heavy atom. The number of piperidine rings is 1. The number of hydrogen-bond acceptors (Lipinski definition) is 9. The summed E-state index contributed by atoms with van der Waals surface area (Å²) >= 11 is 0. The van der Waals surface area contributed by atoms with Gasteiger partial charge < -0.3 is 30.0 Å². The SMILES string of the molecule is CC(C)(C)NC(=O)C1CCC2CCCCC2N1CC1CC(c2ccc(CO)cc2)OC(c2ccc(N3C(=O)CC(NC(=O)OCc4ccccc4)C3=O)cc2)O1. The molecule has 3 saturated heterocycles. The van der Waals surface area contributed by atoms with E-state index in [0.717, 1.165) is 47.3 Å². The van der Waals surface area contributed by atoms with Crippen LogP contribution >= 0.6 is 0 Å². The molecule has 4 amide bonds. The maximum atomic E-state index is 13.8. The van der Waals surface area contributed by atoms with Gasteiger partial charge in [-0.2, -0.15) is 0 Å². The topological polar surface area (TPSA) is 147 Å². The number of ether oxygens (including phenoxy) is 3. The Morgan fingerprint density at radius 1 is 0.857 bits per heavy atom. The maximum Gasteiger partial charge on any atom is 0.408 e. The van der Waals surface area contributed by atoms with E-state index in [4.69, 9.17) is 14.2 Å². The van der Waals surface area contributed by atoms with Gasteiger partial charge in [0.1, 0.15) is 12.6 Å². The second-order valence-corrected chi connectivity index (χ2v) is 16.6. The molecule has 1 aliphatic carbocycles. The number of anilines is 1. The number of aliphatic hydroxyl groups excluding tert-OH is 1. The van der Waals surface area contributed by atoms with Crippen molar-refractivity contribution in [2.45, 2.75) is 128 Å². The highest BCUT2D eigenvalue weighted by atomic mass is 16.7. The van der Waals surface area contributed by atoms with Gasteiger partial charge in [-0.3, -0.25) is 19.3 Å². The summed E-state index contributed by atoms with van der Waals surface area (Å²) in [5.74, 6) is -0.355. The Labute approximate surface area is 328 Å². The van der Waals surface area contributed by atoms with Crippen molar-refractivity contribution >= 4 is 29.5 Å². The number of carbonyl (C=O) groups excluding carboxylic acids is 4. The highest BCUT2D eigenvalue weighted by molar-refractivity contribution is 6.22. The lowest BCUT2D eigenvalue weighted by atomic mass is 9.75. The minimum atomic E-state index is -1.04. The number of alkyl carbamates (subject to hydrolysis) is 1. The second-order valence-electron chi connectivity index (χ2n) is 16.6. The molecule has 0 bridgehead atoms. The first-order valence-corrected chi connectivity index (χ1v) is 20.0. The van der Waals surface area contributed by atoms with Gasteiger partial charge in [0.15, 0.2) is 6.29 Å². The lowest BCUT2D eigenvalue weighted by Gasteiger charge is -2.50. The smallest absolute Gasteiger partial charge is 0.408 e. The molecular formula is C44H54N4O8. The maximum absolute atomic E-state index is 13.8. The first-order chi connectivity index (χ1) is 27.0. The Bertz CT molecular complexity index is 1850. The summed E-state index contributed by atoms with van der Waals surface area (Å²) in [6, 6.07) is 22.9. The normalized spacial score (nSPS) is 27.1. The van der Waals surface area contributed by atoms with Gasteiger partial charge in [0, 0.05) is 30.1 Å². The van der Waals surface area contributed by atoms with Crippen molar-refractivity contribution in [3.8, 4) is 0 Å².